The third kappa shape index (κ3) is 2.33. The molecule has 1 saturated carbocycles. The zero-order valence-corrected chi connectivity index (χ0v) is 11.6. The van der Waals surface area contributed by atoms with Crippen molar-refractivity contribution < 1.29 is 19.0 Å². The van der Waals surface area contributed by atoms with Crippen LogP contribution >= 0.6 is 0 Å². The van der Waals surface area contributed by atoms with E-state index in [-0.39, 0.29) is 18.1 Å². The van der Waals surface area contributed by atoms with Crippen LogP contribution in [-0.4, -0.2) is 33.0 Å². The standard InChI is InChI=1S/C15H19NO4/c1-18-8-2-7-16-14(17)15(5-6-15)11-3-4-12-13(9-11)20-10-19-12/h3-4,9H,2,5-8,10H2,1H3,(H,16,17). The summed E-state index contributed by atoms with van der Waals surface area (Å²) in [5.41, 5.74) is 0.652. The Morgan fingerprint density at radius 2 is 2.15 bits per heavy atom. The molecule has 5 heteroatoms. The molecule has 0 saturated heterocycles. The Morgan fingerprint density at radius 1 is 1.35 bits per heavy atom. The quantitative estimate of drug-likeness (QED) is 0.802. The van der Waals surface area contributed by atoms with Crippen molar-refractivity contribution in [1.82, 2.24) is 5.32 Å². The molecule has 1 fully saturated rings. The van der Waals surface area contributed by atoms with E-state index in [1.807, 2.05) is 18.2 Å². The first kappa shape index (κ1) is 13.2. The van der Waals surface area contributed by atoms with Gasteiger partial charge in [-0.05, 0) is 37.0 Å². The number of methoxy groups -OCH3 is 1. The van der Waals surface area contributed by atoms with Crippen LogP contribution in [0.25, 0.3) is 0 Å². The fraction of sp³-hybridized carbons (Fsp3) is 0.533. The van der Waals surface area contributed by atoms with Crippen molar-refractivity contribution in [3.8, 4) is 11.5 Å². The molecule has 20 heavy (non-hydrogen) atoms. The smallest absolute Gasteiger partial charge is 0.231 e. The van der Waals surface area contributed by atoms with Crippen molar-refractivity contribution in [3.63, 3.8) is 0 Å². The number of fused-ring (bicyclic) bond motifs is 1. The van der Waals surface area contributed by atoms with Crippen molar-refractivity contribution in [1.29, 1.82) is 0 Å². The molecule has 0 radical (unpaired) electrons. The minimum absolute atomic E-state index is 0.104. The molecule has 1 aromatic carbocycles. The van der Waals surface area contributed by atoms with E-state index in [0.29, 0.717) is 13.2 Å². The zero-order valence-electron chi connectivity index (χ0n) is 11.6. The largest absolute Gasteiger partial charge is 0.454 e. The number of rotatable bonds is 6. The van der Waals surface area contributed by atoms with Crippen LogP contribution in [0, 0.1) is 0 Å². The number of hydrogen-bond acceptors (Lipinski definition) is 4. The van der Waals surface area contributed by atoms with E-state index in [1.165, 1.54) is 0 Å². The highest BCUT2D eigenvalue weighted by atomic mass is 16.7. The number of ether oxygens (including phenoxy) is 3. The number of nitrogens with one attached hydrogen (secondary N) is 1. The molecule has 0 bridgehead atoms. The molecule has 1 heterocycles. The molecule has 0 atom stereocenters. The molecule has 2 aliphatic rings. The van der Waals surface area contributed by atoms with Gasteiger partial charge in [-0.2, -0.15) is 0 Å². The highest BCUT2D eigenvalue weighted by Crippen LogP contribution is 2.50. The summed E-state index contributed by atoms with van der Waals surface area (Å²) in [5.74, 6) is 1.60. The maximum Gasteiger partial charge on any atom is 0.231 e. The van der Waals surface area contributed by atoms with Gasteiger partial charge in [0.25, 0.3) is 0 Å². The Balaban J connectivity index is 1.67. The Kier molecular flexibility index (Phi) is 3.53. The van der Waals surface area contributed by atoms with Gasteiger partial charge in [0.15, 0.2) is 11.5 Å². The van der Waals surface area contributed by atoms with Gasteiger partial charge in [0.2, 0.25) is 12.7 Å². The monoisotopic (exact) mass is 277 g/mol. The predicted molar refractivity (Wildman–Crippen MR) is 73.0 cm³/mol. The van der Waals surface area contributed by atoms with Crippen LogP contribution in [0.3, 0.4) is 0 Å². The van der Waals surface area contributed by atoms with Gasteiger partial charge in [0, 0.05) is 20.3 Å². The number of amides is 1. The fourth-order valence-corrected chi connectivity index (χ4v) is 2.55. The normalized spacial score (nSPS) is 17.9. The van der Waals surface area contributed by atoms with E-state index in [1.54, 1.807) is 7.11 Å². The Bertz CT molecular complexity index is 511. The lowest BCUT2D eigenvalue weighted by Gasteiger charge is -2.16. The molecule has 0 unspecified atom stereocenters. The summed E-state index contributed by atoms with van der Waals surface area (Å²) in [5, 5.41) is 3.00. The van der Waals surface area contributed by atoms with Crippen LogP contribution in [0.15, 0.2) is 18.2 Å². The summed E-state index contributed by atoms with van der Waals surface area (Å²) in [6.07, 6.45) is 2.62. The first-order valence-electron chi connectivity index (χ1n) is 6.94. The third-order valence-electron chi connectivity index (χ3n) is 3.92. The van der Waals surface area contributed by atoms with Crippen molar-refractivity contribution >= 4 is 5.91 Å². The second kappa shape index (κ2) is 5.32. The van der Waals surface area contributed by atoms with Gasteiger partial charge >= 0.3 is 0 Å². The maximum absolute atomic E-state index is 12.4. The minimum atomic E-state index is -0.367. The van der Waals surface area contributed by atoms with Crippen molar-refractivity contribution in [2.24, 2.45) is 0 Å². The van der Waals surface area contributed by atoms with Gasteiger partial charge < -0.3 is 19.5 Å². The summed E-state index contributed by atoms with van der Waals surface area (Å²) >= 11 is 0. The van der Waals surface area contributed by atoms with E-state index in [9.17, 15) is 4.79 Å². The van der Waals surface area contributed by atoms with Crippen molar-refractivity contribution in [2.75, 3.05) is 27.1 Å². The number of carbonyl (C=O) groups is 1. The van der Waals surface area contributed by atoms with Gasteiger partial charge in [-0.1, -0.05) is 6.07 Å². The van der Waals surface area contributed by atoms with Gasteiger partial charge in [-0.25, -0.2) is 0 Å². The van der Waals surface area contributed by atoms with E-state index >= 15 is 0 Å². The highest BCUT2D eigenvalue weighted by molar-refractivity contribution is 5.91. The molecule has 0 spiro atoms. The molecule has 5 nitrogen and oxygen atoms in total. The predicted octanol–water partition coefficient (Wildman–Crippen LogP) is 1.60. The van der Waals surface area contributed by atoms with Crippen LogP contribution in [-0.2, 0) is 14.9 Å². The molecule has 108 valence electrons. The van der Waals surface area contributed by atoms with Crippen LogP contribution in [0.2, 0.25) is 0 Å². The van der Waals surface area contributed by atoms with Crippen LogP contribution in [0.1, 0.15) is 24.8 Å². The molecule has 1 aliphatic carbocycles. The van der Waals surface area contributed by atoms with Crippen molar-refractivity contribution in [2.45, 2.75) is 24.7 Å². The second-order valence-corrected chi connectivity index (χ2v) is 5.25. The average molecular weight is 277 g/mol. The lowest BCUT2D eigenvalue weighted by molar-refractivity contribution is -0.123. The summed E-state index contributed by atoms with van der Waals surface area (Å²) in [6.45, 7) is 1.57. The number of hydrogen-bond donors (Lipinski definition) is 1. The fourth-order valence-electron chi connectivity index (χ4n) is 2.55. The molecule has 3 rings (SSSR count). The SMILES string of the molecule is COCCCNC(=O)C1(c2ccc3c(c2)OCO3)CC1. The number of carbonyl (C=O) groups excluding carboxylic acids is 1. The lowest BCUT2D eigenvalue weighted by Crippen LogP contribution is -2.35. The first-order valence-corrected chi connectivity index (χ1v) is 6.94. The maximum atomic E-state index is 12.4. The van der Waals surface area contributed by atoms with Crippen LogP contribution in [0.4, 0.5) is 0 Å². The lowest BCUT2D eigenvalue weighted by atomic mass is 9.94. The van der Waals surface area contributed by atoms with Crippen LogP contribution < -0.4 is 14.8 Å². The molecule has 1 N–H and O–H groups in total. The van der Waals surface area contributed by atoms with Gasteiger partial charge in [-0.3, -0.25) is 4.79 Å². The molecule has 0 aromatic heterocycles. The highest BCUT2D eigenvalue weighted by Gasteiger charge is 2.51. The van der Waals surface area contributed by atoms with Gasteiger partial charge in [0.1, 0.15) is 0 Å². The minimum Gasteiger partial charge on any atom is -0.454 e. The summed E-state index contributed by atoms with van der Waals surface area (Å²) in [6, 6.07) is 5.79. The second-order valence-electron chi connectivity index (χ2n) is 5.25. The zero-order chi connectivity index (χ0) is 14.0. The van der Waals surface area contributed by atoms with E-state index in [0.717, 1.165) is 36.3 Å². The molecule has 1 aliphatic heterocycles. The summed E-state index contributed by atoms with van der Waals surface area (Å²) in [7, 11) is 1.66. The Labute approximate surface area is 118 Å². The van der Waals surface area contributed by atoms with E-state index in [4.69, 9.17) is 14.2 Å². The van der Waals surface area contributed by atoms with Gasteiger partial charge in [0.05, 0.1) is 5.41 Å². The summed E-state index contributed by atoms with van der Waals surface area (Å²) in [4.78, 5) is 12.4. The van der Waals surface area contributed by atoms with Gasteiger partial charge in [-0.15, -0.1) is 0 Å². The van der Waals surface area contributed by atoms with E-state index < -0.39 is 0 Å². The molecular weight excluding hydrogens is 258 g/mol. The third-order valence-corrected chi connectivity index (χ3v) is 3.92. The summed E-state index contributed by atoms with van der Waals surface area (Å²) < 4.78 is 15.7. The van der Waals surface area contributed by atoms with Crippen molar-refractivity contribution in [3.05, 3.63) is 23.8 Å². The molecule has 1 aromatic rings. The average Bonchev–Trinajstić information content (AvgIpc) is 3.15. The number of benzene rings is 1. The topological polar surface area (TPSA) is 56.8 Å². The van der Waals surface area contributed by atoms with Crippen LogP contribution in [0.5, 0.6) is 11.5 Å². The first-order chi connectivity index (χ1) is 9.76. The molecule has 1 amide bonds. The Hall–Kier alpha value is -1.75. The Morgan fingerprint density at radius 3 is 2.90 bits per heavy atom. The molecular formula is C15H19NO4. The van der Waals surface area contributed by atoms with E-state index in [2.05, 4.69) is 5.32 Å².